The smallest absolute Gasteiger partial charge is 0.370 e. The van der Waals surface area contributed by atoms with Crippen molar-refractivity contribution >= 4 is 40.6 Å². The van der Waals surface area contributed by atoms with Crippen LogP contribution in [0.2, 0.25) is 0 Å². The molecule has 1 aliphatic carbocycles. The minimum absolute atomic E-state index is 0.246. The maximum Gasteiger partial charge on any atom is 0.370 e. The van der Waals surface area contributed by atoms with Gasteiger partial charge in [-0.1, -0.05) is 32.1 Å². The van der Waals surface area contributed by atoms with Gasteiger partial charge in [-0.15, -0.1) is 0 Å². The van der Waals surface area contributed by atoms with E-state index >= 15 is 0 Å². The number of carbonyl (C=O) groups is 1. The zero-order valence-corrected chi connectivity index (χ0v) is 13.8. The van der Waals surface area contributed by atoms with E-state index in [4.69, 9.17) is 0 Å². The highest BCUT2D eigenvalue weighted by atomic mass is 79.9. The third-order valence-corrected chi connectivity index (χ3v) is 4.39. The molecule has 1 saturated carbocycles. The van der Waals surface area contributed by atoms with E-state index < -0.39 is 5.97 Å². The van der Waals surface area contributed by atoms with Crippen molar-refractivity contribution in [3.8, 4) is 0 Å². The van der Waals surface area contributed by atoms with Gasteiger partial charge in [-0.25, -0.2) is 9.78 Å². The quantitative estimate of drug-likeness (QED) is 0.622. The second-order valence-electron chi connectivity index (χ2n) is 5.09. The Morgan fingerprint density at radius 3 is 2.55 bits per heavy atom. The second kappa shape index (κ2) is 7.88. The molecule has 0 spiro atoms. The zero-order valence-electron chi connectivity index (χ0n) is 11.3. The maximum atomic E-state index is 11.6. The highest BCUT2D eigenvalue weighted by Gasteiger charge is 2.16. The first-order valence-electron chi connectivity index (χ1n) is 6.99. The summed E-state index contributed by atoms with van der Waals surface area (Å²) in [5.74, 6) is 0.161. The number of halogens is 1. The first-order chi connectivity index (χ1) is 9.70. The Labute approximate surface area is 133 Å². The predicted octanol–water partition coefficient (Wildman–Crippen LogP) is 4.37. The average molecular weight is 359 g/mol. The van der Waals surface area contributed by atoms with E-state index in [1.165, 1.54) is 32.1 Å². The molecular formula is C14H19BrN2O2S. The highest BCUT2D eigenvalue weighted by molar-refractivity contribution is 9.10. The number of thiol groups is 1. The number of anilines is 1. The molecule has 0 aromatic carbocycles. The third kappa shape index (κ3) is 4.38. The highest BCUT2D eigenvalue weighted by Crippen LogP contribution is 2.23. The molecule has 1 fully saturated rings. The Morgan fingerprint density at radius 1 is 1.25 bits per heavy atom. The summed E-state index contributed by atoms with van der Waals surface area (Å²) in [5, 5.41) is 3.43. The van der Waals surface area contributed by atoms with E-state index in [9.17, 15) is 4.79 Å². The van der Waals surface area contributed by atoms with Crippen molar-refractivity contribution in [2.75, 3.05) is 5.32 Å². The molecule has 20 heavy (non-hydrogen) atoms. The summed E-state index contributed by atoms with van der Waals surface area (Å²) in [6.07, 6.45) is 8.78. The fourth-order valence-corrected chi connectivity index (χ4v) is 2.99. The lowest BCUT2D eigenvalue weighted by Gasteiger charge is -2.21. The van der Waals surface area contributed by atoms with E-state index in [1.54, 1.807) is 6.07 Å². The normalized spacial score (nSPS) is 17.1. The van der Waals surface area contributed by atoms with Gasteiger partial charge in [0.25, 0.3) is 0 Å². The van der Waals surface area contributed by atoms with E-state index in [0.717, 1.165) is 12.8 Å². The number of aromatic nitrogens is 1. The van der Waals surface area contributed by atoms with Gasteiger partial charge < -0.3 is 9.50 Å². The summed E-state index contributed by atoms with van der Waals surface area (Å²) >= 11 is 6.83. The molecule has 0 saturated heterocycles. The summed E-state index contributed by atoms with van der Waals surface area (Å²) in [6, 6.07) is 4.11. The van der Waals surface area contributed by atoms with Crippen molar-refractivity contribution in [1.29, 1.82) is 0 Å². The standard InChI is InChI=1S/C14H19BrN2O2S/c15-11-8-9-12(17-13(11)14(18)19-20)16-10-6-4-2-1-3-5-7-10/h8-10,20H,1-7H2,(H,16,17). The molecule has 1 aromatic rings. The Hall–Kier alpha value is -0.750. The molecule has 0 unspecified atom stereocenters. The maximum absolute atomic E-state index is 11.6. The molecular weight excluding hydrogens is 340 g/mol. The zero-order chi connectivity index (χ0) is 14.4. The Balaban J connectivity index is 2.06. The number of nitrogens with one attached hydrogen (secondary N) is 1. The summed E-state index contributed by atoms with van der Waals surface area (Å²) in [5.41, 5.74) is 0.246. The lowest BCUT2D eigenvalue weighted by atomic mass is 9.97. The largest absolute Gasteiger partial charge is 0.390 e. The van der Waals surface area contributed by atoms with Crippen LogP contribution in [0.15, 0.2) is 16.6 Å². The van der Waals surface area contributed by atoms with Gasteiger partial charge in [-0.3, -0.25) is 0 Å². The lowest BCUT2D eigenvalue weighted by Crippen LogP contribution is -2.21. The molecule has 6 heteroatoms. The van der Waals surface area contributed by atoms with Crippen LogP contribution in [0.1, 0.15) is 55.4 Å². The van der Waals surface area contributed by atoms with Crippen molar-refractivity contribution in [3.05, 3.63) is 22.3 Å². The number of rotatable bonds is 3. The number of nitrogens with zero attached hydrogens (tertiary/aromatic N) is 1. The molecule has 1 heterocycles. The second-order valence-corrected chi connectivity index (χ2v) is 6.13. The summed E-state index contributed by atoms with van der Waals surface area (Å²) in [4.78, 5) is 15.9. The number of hydrogen-bond acceptors (Lipinski definition) is 5. The van der Waals surface area contributed by atoms with Gasteiger partial charge in [0.1, 0.15) is 5.82 Å². The van der Waals surface area contributed by atoms with Gasteiger partial charge in [0.05, 0.1) is 4.47 Å². The van der Waals surface area contributed by atoms with Crippen LogP contribution in [-0.2, 0) is 4.18 Å². The van der Waals surface area contributed by atoms with Crippen LogP contribution in [0.4, 0.5) is 5.82 Å². The van der Waals surface area contributed by atoms with E-state index in [1.807, 2.05) is 6.07 Å². The van der Waals surface area contributed by atoms with Crippen molar-refractivity contribution in [1.82, 2.24) is 4.98 Å². The van der Waals surface area contributed by atoms with Crippen LogP contribution in [0.5, 0.6) is 0 Å². The Bertz CT molecular complexity index is 462. The van der Waals surface area contributed by atoms with Crippen molar-refractivity contribution in [2.24, 2.45) is 0 Å². The fourth-order valence-electron chi connectivity index (χ4n) is 2.52. The van der Waals surface area contributed by atoms with Gasteiger partial charge in [-0.05, 0) is 40.9 Å². The van der Waals surface area contributed by atoms with Crippen LogP contribution in [0, 0.1) is 0 Å². The minimum atomic E-state index is -0.554. The topological polar surface area (TPSA) is 51.2 Å². The summed E-state index contributed by atoms with van der Waals surface area (Å²) in [7, 11) is 0. The Kier molecular flexibility index (Phi) is 6.16. The monoisotopic (exact) mass is 358 g/mol. The van der Waals surface area contributed by atoms with Crippen molar-refractivity contribution < 1.29 is 8.98 Å². The summed E-state index contributed by atoms with van der Waals surface area (Å²) in [6.45, 7) is 0. The van der Waals surface area contributed by atoms with Gasteiger partial charge in [0, 0.05) is 19.0 Å². The van der Waals surface area contributed by atoms with Gasteiger partial charge >= 0.3 is 5.97 Å². The van der Waals surface area contributed by atoms with Crippen LogP contribution < -0.4 is 5.32 Å². The number of carbonyl (C=O) groups excluding carboxylic acids is 1. The molecule has 110 valence electrons. The summed E-state index contributed by atoms with van der Waals surface area (Å²) < 4.78 is 5.04. The molecule has 0 amide bonds. The van der Waals surface area contributed by atoms with E-state index in [0.29, 0.717) is 16.3 Å². The van der Waals surface area contributed by atoms with Gasteiger partial charge in [-0.2, -0.15) is 0 Å². The number of hydrogen-bond donors (Lipinski definition) is 2. The SMILES string of the molecule is O=C(OS)c1nc(NC2CCCCCCC2)ccc1Br. The first-order valence-corrected chi connectivity index (χ1v) is 8.15. The van der Waals surface area contributed by atoms with Crippen LogP contribution in [0.3, 0.4) is 0 Å². The molecule has 0 bridgehead atoms. The number of pyridine rings is 1. The molecule has 4 nitrogen and oxygen atoms in total. The molecule has 0 aliphatic heterocycles. The molecule has 2 rings (SSSR count). The van der Waals surface area contributed by atoms with Crippen LogP contribution >= 0.6 is 28.8 Å². The minimum Gasteiger partial charge on any atom is -0.390 e. The molecule has 0 radical (unpaired) electrons. The molecule has 1 aromatic heterocycles. The third-order valence-electron chi connectivity index (χ3n) is 3.58. The van der Waals surface area contributed by atoms with Crippen LogP contribution in [-0.4, -0.2) is 17.0 Å². The molecule has 0 atom stereocenters. The Morgan fingerprint density at radius 2 is 1.90 bits per heavy atom. The van der Waals surface area contributed by atoms with Gasteiger partial charge in [0.2, 0.25) is 0 Å². The van der Waals surface area contributed by atoms with Gasteiger partial charge in [0.15, 0.2) is 5.69 Å². The van der Waals surface area contributed by atoms with Crippen LogP contribution in [0.25, 0.3) is 0 Å². The fraction of sp³-hybridized carbons (Fsp3) is 0.571. The van der Waals surface area contributed by atoms with Crippen molar-refractivity contribution in [2.45, 2.75) is 51.0 Å². The lowest BCUT2D eigenvalue weighted by molar-refractivity contribution is 0.0765. The van der Waals surface area contributed by atoms with E-state index in [2.05, 4.69) is 43.3 Å². The molecule has 1 N–H and O–H groups in total. The molecule has 1 aliphatic rings. The predicted molar refractivity (Wildman–Crippen MR) is 86.1 cm³/mol. The average Bonchev–Trinajstić information content (AvgIpc) is 2.42. The first kappa shape index (κ1) is 15.6. The van der Waals surface area contributed by atoms with Crippen molar-refractivity contribution in [3.63, 3.8) is 0 Å². The van der Waals surface area contributed by atoms with E-state index in [-0.39, 0.29) is 5.69 Å².